The van der Waals surface area contributed by atoms with Gasteiger partial charge in [-0.1, -0.05) is 16.4 Å². The molecule has 8 heteroatoms. The zero-order valence-corrected chi connectivity index (χ0v) is 11.5. The zero-order valence-electron chi connectivity index (χ0n) is 11.5. The Balaban J connectivity index is 2.40. The molecule has 2 rings (SSSR count). The Morgan fingerprint density at radius 2 is 2.29 bits per heavy atom. The largest absolute Gasteiger partial charge is 0.495 e. The molecule has 110 valence electrons. The molecule has 0 saturated carbocycles. The second-order valence-electron chi connectivity index (χ2n) is 4.15. The van der Waals surface area contributed by atoms with Crippen molar-refractivity contribution in [2.75, 3.05) is 12.4 Å². The van der Waals surface area contributed by atoms with E-state index in [9.17, 15) is 4.79 Å². The summed E-state index contributed by atoms with van der Waals surface area (Å²) in [4.78, 5) is 12.1. The van der Waals surface area contributed by atoms with Crippen LogP contribution in [0, 0.1) is 6.92 Å². The monoisotopic (exact) mass is 290 g/mol. The molecular weight excluding hydrogens is 276 g/mol. The summed E-state index contributed by atoms with van der Waals surface area (Å²) in [5.74, 6) is 0.230. The Bertz CT molecular complexity index is 693. The number of aromatic nitrogens is 1. The van der Waals surface area contributed by atoms with E-state index >= 15 is 0 Å². The van der Waals surface area contributed by atoms with Crippen molar-refractivity contribution in [3.05, 3.63) is 41.3 Å². The van der Waals surface area contributed by atoms with Gasteiger partial charge in [-0.15, -0.1) is 0 Å². The summed E-state index contributed by atoms with van der Waals surface area (Å²) in [5, 5.41) is 18.0. The standard InChI is InChI=1S/C13H14N4O4/c1-7-6-9(17-21-7)13(18)15-11-8(12(14)16-19)4-3-5-10(11)20-2/h3-6,19H,1-2H3,(H2,14,16)(H,15,18). The maximum atomic E-state index is 12.1. The van der Waals surface area contributed by atoms with Gasteiger partial charge in [0, 0.05) is 11.6 Å². The van der Waals surface area contributed by atoms with Gasteiger partial charge >= 0.3 is 0 Å². The molecule has 0 spiro atoms. The van der Waals surface area contributed by atoms with Crippen molar-refractivity contribution < 1.29 is 19.3 Å². The number of carbonyl (C=O) groups is 1. The number of rotatable bonds is 4. The van der Waals surface area contributed by atoms with Crippen molar-refractivity contribution in [2.45, 2.75) is 6.92 Å². The first-order valence-electron chi connectivity index (χ1n) is 5.96. The van der Waals surface area contributed by atoms with Gasteiger partial charge in [0.25, 0.3) is 5.91 Å². The molecule has 1 heterocycles. The lowest BCUT2D eigenvalue weighted by Gasteiger charge is -2.13. The fourth-order valence-electron chi connectivity index (χ4n) is 1.75. The van der Waals surface area contributed by atoms with E-state index < -0.39 is 5.91 Å². The van der Waals surface area contributed by atoms with E-state index in [1.165, 1.54) is 13.2 Å². The second kappa shape index (κ2) is 5.95. The number of anilines is 1. The third kappa shape index (κ3) is 2.94. The van der Waals surface area contributed by atoms with Crippen LogP contribution in [-0.2, 0) is 0 Å². The molecule has 1 aromatic carbocycles. The van der Waals surface area contributed by atoms with Gasteiger partial charge in [0.2, 0.25) is 0 Å². The molecule has 1 aromatic heterocycles. The van der Waals surface area contributed by atoms with E-state index in [0.29, 0.717) is 17.1 Å². The van der Waals surface area contributed by atoms with E-state index in [2.05, 4.69) is 15.6 Å². The van der Waals surface area contributed by atoms with E-state index in [1.54, 1.807) is 25.1 Å². The van der Waals surface area contributed by atoms with Crippen molar-refractivity contribution in [1.82, 2.24) is 5.16 Å². The van der Waals surface area contributed by atoms with Gasteiger partial charge in [-0.25, -0.2) is 0 Å². The molecule has 0 aliphatic rings. The maximum absolute atomic E-state index is 12.1. The highest BCUT2D eigenvalue weighted by Crippen LogP contribution is 2.28. The van der Waals surface area contributed by atoms with Crippen LogP contribution in [0.3, 0.4) is 0 Å². The molecule has 1 amide bonds. The summed E-state index contributed by atoms with van der Waals surface area (Å²) in [6.45, 7) is 1.68. The lowest BCUT2D eigenvalue weighted by atomic mass is 10.1. The Hall–Kier alpha value is -3.03. The number of para-hydroxylation sites is 1. The number of amides is 1. The third-order valence-electron chi connectivity index (χ3n) is 2.73. The smallest absolute Gasteiger partial charge is 0.277 e. The molecule has 0 aliphatic heterocycles. The van der Waals surface area contributed by atoms with Crippen LogP contribution >= 0.6 is 0 Å². The molecule has 2 aromatic rings. The fraction of sp³-hybridized carbons (Fsp3) is 0.154. The maximum Gasteiger partial charge on any atom is 0.277 e. The van der Waals surface area contributed by atoms with E-state index in [0.717, 1.165) is 0 Å². The number of nitrogens with one attached hydrogen (secondary N) is 1. The molecule has 0 saturated heterocycles. The number of amidine groups is 1. The molecule has 0 radical (unpaired) electrons. The lowest BCUT2D eigenvalue weighted by molar-refractivity contribution is 0.101. The average molecular weight is 290 g/mol. The van der Waals surface area contributed by atoms with Gasteiger partial charge in [0.15, 0.2) is 11.5 Å². The topological polar surface area (TPSA) is 123 Å². The number of hydrogen-bond acceptors (Lipinski definition) is 6. The molecule has 0 atom stereocenters. The molecule has 0 bridgehead atoms. The van der Waals surface area contributed by atoms with Crippen LogP contribution in [0.5, 0.6) is 5.75 Å². The van der Waals surface area contributed by atoms with Crippen molar-refractivity contribution in [2.24, 2.45) is 10.9 Å². The minimum absolute atomic E-state index is 0.115. The molecule has 8 nitrogen and oxygen atoms in total. The number of nitrogens with zero attached hydrogens (tertiary/aromatic N) is 2. The van der Waals surface area contributed by atoms with E-state index in [1.807, 2.05) is 0 Å². The minimum atomic E-state index is -0.497. The SMILES string of the molecule is COc1cccc(/C(N)=N/O)c1NC(=O)c1cc(C)on1. The number of methoxy groups -OCH3 is 1. The number of ether oxygens (including phenoxy) is 1. The Labute approximate surface area is 120 Å². The highest BCUT2D eigenvalue weighted by Gasteiger charge is 2.18. The van der Waals surface area contributed by atoms with Crippen LogP contribution in [-0.4, -0.2) is 29.2 Å². The molecule has 21 heavy (non-hydrogen) atoms. The fourth-order valence-corrected chi connectivity index (χ4v) is 1.75. The quantitative estimate of drug-likeness (QED) is 0.338. The van der Waals surface area contributed by atoms with Crippen LogP contribution in [0.1, 0.15) is 21.8 Å². The predicted molar refractivity (Wildman–Crippen MR) is 74.7 cm³/mol. The van der Waals surface area contributed by atoms with Crippen LogP contribution in [0.4, 0.5) is 5.69 Å². The van der Waals surface area contributed by atoms with Crippen LogP contribution in [0.15, 0.2) is 33.9 Å². The van der Waals surface area contributed by atoms with E-state index in [-0.39, 0.29) is 17.2 Å². The van der Waals surface area contributed by atoms with Crippen LogP contribution < -0.4 is 15.8 Å². The van der Waals surface area contributed by atoms with Crippen molar-refractivity contribution >= 4 is 17.4 Å². The highest BCUT2D eigenvalue weighted by molar-refractivity contribution is 6.10. The summed E-state index contributed by atoms with van der Waals surface area (Å²) in [6.07, 6.45) is 0. The summed E-state index contributed by atoms with van der Waals surface area (Å²) < 4.78 is 10.0. The predicted octanol–water partition coefficient (Wildman–Crippen LogP) is 1.34. The summed E-state index contributed by atoms with van der Waals surface area (Å²) >= 11 is 0. The average Bonchev–Trinajstić information content (AvgIpc) is 2.93. The number of carbonyl (C=O) groups excluding carboxylic acids is 1. The Morgan fingerprint density at radius 1 is 1.52 bits per heavy atom. The molecule has 0 fully saturated rings. The van der Waals surface area contributed by atoms with E-state index in [4.69, 9.17) is 20.2 Å². The normalized spacial score (nSPS) is 11.2. The summed E-state index contributed by atoms with van der Waals surface area (Å²) in [6, 6.07) is 6.37. The molecule has 0 unspecified atom stereocenters. The van der Waals surface area contributed by atoms with Gasteiger partial charge < -0.3 is 25.5 Å². The van der Waals surface area contributed by atoms with Gasteiger partial charge in [0.1, 0.15) is 11.5 Å². The Kier molecular flexibility index (Phi) is 4.07. The van der Waals surface area contributed by atoms with Crippen LogP contribution in [0.25, 0.3) is 0 Å². The van der Waals surface area contributed by atoms with Crippen molar-refractivity contribution in [3.8, 4) is 5.75 Å². The summed E-state index contributed by atoms with van der Waals surface area (Å²) in [5.41, 5.74) is 6.31. The first-order chi connectivity index (χ1) is 10.1. The zero-order chi connectivity index (χ0) is 15.4. The van der Waals surface area contributed by atoms with Gasteiger partial charge in [-0.05, 0) is 19.1 Å². The minimum Gasteiger partial charge on any atom is -0.495 e. The van der Waals surface area contributed by atoms with Crippen LogP contribution in [0.2, 0.25) is 0 Å². The molecule has 0 aliphatic carbocycles. The second-order valence-corrected chi connectivity index (χ2v) is 4.15. The number of aryl methyl sites for hydroxylation is 1. The number of nitrogens with two attached hydrogens (primary N) is 1. The Morgan fingerprint density at radius 3 is 2.86 bits per heavy atom. The van der Waals surface area contributed by atoms with Crippen molar-refractivity contribution in [3.63, 3.8) is 0 Å². The first-order valence-corrected chi connectivity index (χ1v) is 5.96. The van der Waals surface area contributed by atoms with Gasteiger partial charge in [-0.3, -0.25) is 4.79 Å². The number of oxime groups is 1. The number of benzene rings is 1. The molecular formula is C13H14N4O4. The third-order valence-corrected chi connectivity index (χ3v) is 2.73. The summed E-state index contributed by atoms with van der Waals surface area (Å²) in [7, 11) is 1.45. The highest BCUT2D eigenvalue weighted by atomic mass is 16.5. The van der Waals surface area contributed by atoms with Crippen molar-refractivity contribution in [1.29, 1.82) is 0 Å². The number of hydrogen-bond donors (Lipinski definition) is 3. The molecule has 4 N–H and O–H groups in total. The van der Waals surface area contributed by atoms with Gasteiger partial charge in [-0.2, -0.15) is 0 Å². The first kappa shape index (κ1) is 14.4. The van der Waals surface area contributed by atoms with Gasteiger partial charge in [0.05, 0.1) is 12.8 Å². The lowest BCUT2D eigenvalue weighted by Crippen LogP contribution is -2.20.